The molecule has 0 saturated heterocycles. The van der Waals surface area contributed by atoms with E-state index in [0.29, 0.717) is 10.7 Å². The summed E-state index contributed by atoms with van der Waals surface area (Å²) in [7, 11) is 0. The molecule has 62 valence electrons. The van der Waals surface area contributed by atoms with Gasteiger partial charge in [-0.2, -0.15) is 5.26 Å². The Bertz CT molecular complexity index is 315. The van der Waals surface area contributed by atoms with Gasteiger partial charge in [0.15, 0.2) is 0 Å². The molecule has 0 unspecified atom stereocenters. The van der Waals surface area contributed by atoms with Gasteiger partial charge in [0.25, 0.3) is 0 Å². The summed E-state index contributed by atoms with van der Waals surface area (Å²) < 4.78 is 0. The molecule has 1 aromatic rings. The molecule has 0 aliphatic heterocycles. The van der Waals surface area contributed by atoms with Gasteiger partial charge in [0.1, 0.15) is 11.2 Å². The summed E-state index contributed by atoms with van der Waals surface area (Å²) in [6, 6.07) is 3.90. The van der Waals surface area contributed by atoms with E-state index in [1.807, 2.05) is 6.07 Å². The van der Waals surface area contributed by atoms with Crippen LogP contribution in [-0.4, -0.2) is 4.98 Å². The summed E-state index contributed by atoms with van der Waals surface area (Å²) in [5, 5.41) is 9.06. The van der Waals surface area contributed by atoms with Crippen LogP contribution in [0.15, 0.2) is 12.3 Å². The third-order valence-electron chi connectivity index (χ3n) is 1.62. The predicted octanol–water partition coefficient (Wildman–Crippen LogP) is 2.56. The van der Waals surface area contributed by atoms with E-state index in [1.54, 1.807) is 6.20 Å². The summed E-state index contributed by atoms with van der Waals surface area (Å²) in [4.78, 5) is 3.84. The Morgan fingerprint density at radius 3 is 3.00 bits per heavy atom. The van der Waals surface area contributed by atoms with E-state index in [4.69, 9.17) is 16.9 Å². The van der Waals surface area contributed by atoms with Crippen molar-refractivity contribution in [2.45, 2.75) is 19.8 Å². The Morgan fingerprint density at radius 2 is 2.42 bits per heavy atom. The quantitative estimate of drug-likeness (QED) is 0.656. The Balaban J connectivity index is 3.11. The number of aryl methyl sites for hydroxylation is 1. The molecular formula is C9H9ClN2. The molecule has 12 heavy (non-hydrogen) atoms. The molecule has 0 spiro atoms. The standard InChI is InChI=1S/C9H9ClN2/c1-2-3-7-4-5-12-9(10)8(7)6-11/h4-5H,2-3H2,1H3. The third-order valence-corrected chi connectivity index (χ3v) is 1.91. The number of halogens is 1. The topological polar surface area (TPSA) is 36.7 Å². The molecule has 0 fully saturated rings. The number of rotatable bonds is 2. The average Bonchev–Trinajstić information content (AvgIpc) is 2.05. The van der Waals surface area contributed by atoms with Gasteiger partial charge in [-0.25, -0.2) is 4.98 Å². The van der Waals surface area contributed by atoms with Crippen LogP contribution in [0.5, 0.6) is 0 Å². The van der Waals surface area contributed by atoms with Crippen molar-refractivity contribution in [1.82, 2.24) is 4.98 Å². The summed E-state index contributed by atoms with van der Waals surface area (Å²) in [5.41, 5.74) is 1.50. The van der Waals surface area contributed by atoms with Gasteiger partial charge in [-0.15, -0.1) is 0 Å². The van der Waals surface area contributed by atoms with Crippen molar-refractivity contribution in [3.05, 3.63) is 28.5 Å². The highest BCUT2D eigenvalue weighted by Crippen LogP contribution is 2.17. The molecule has 1 heterocycles. The fourth-order valence-electron chi connectivity index (χ4n) is 1.07. The zero-order valence-electron chi connectivity index (χ0n) is 6.84. The van der Waals surface area contributed by atoms with E-state index in [9.17, 15) is 0 Å². The van der Waals surface area contributed by atoms with Gasteiger partial charge in [-0.3, -0.25) is 0 Å². The van der Waals surface area contributed by atoms with Crippen LogP contribution in [-0.2, 0) is 6.42 Å². The fraction of sp³-hybridized carbons (Fsp3) is 0.333. The van der Waals surface area contributed by atoms with E-state index < -0.39 is 0 Å². The normalized spacial score (nSPS) is 9.42. The maximum absolute atomic E-state index is 8.75. The molecule has 3 heteroatoms. The molecule has 1 rings (SSSR count). The molecule has 0 atom stereocenters. The predicted molar refractivity (Wildman–Crippen MR) is 48.0 cm³/mol. The molecule has 2 nitrogen and oxygen atoms in total. The second-order valence-electron chi connectivity index (χ2n) is 2.50. The number of pyridine rings is 1. The van der Waals surface area contributed by atoms with E-state index in [2.05, 4.69) is 18.0 Å². The second-order valence-corrected chi connectivity index (χ2v) is 2.86. The lowest BCUT2D eigenvalue weighted by molar-refractivity contribution is 0.914. The number of hydrogen-bond acceptors (Lipinski definition) is 2. The highest BCUT2D eigenvalue weighted by Gasteiger charge is 2.05. The summed E-state index contributed by atoms with van der Waals surface area (Å²) in [5.74, 6) is 0. The summed E-state index contributed by atoms with van der Waals surface area (Å²) in [6.45, 7) is 2.06. The monoisotopic (exact) mass is 180 g/mol. The van der Waals surface area contributed by atoms with E-state index in [0.717, 1.165) is 18.4 Å². The molecule has 1 aromatic heterocycles. The lowest BCUT2D eigenvalue weighted by Gasteiger charge is -2.01. The van der Waals surface area contributed by atoms with E-state index >= 15 is 0 Å². The van der Waals surface area contributed by atoms with Crippen LogP contribution in [0, 0.1) is 11.3 Å². The van der Waals surface area contributed by atoms with Crippen molar-refractivity contribution in [3.8, 4) is 6.07 Å². The molecule has 0 bridgehead atoms. The van der Waals surface area contributed by atoms with Crippen LogP contribution < -0.4 is 0 Å². The number of hydrogen-bond donors (Lipinski definition) is 0. The van der Waals surface area contributed by atoms with Gasteiger partial charge in [0, 0.05) is 6.20 Å². The van der Waals surface area contributed by atoms with Crippen molar-refractivity contribution in [2.24, 2.45) is 0 Å². The van der Waals surface area contributed by atoms with Crippen molar-refractivity contribution in [1.29, 1.82) is 5.26 Å². The van der Waals surface area contributed by atoms with Gasteiger partial charge in [0.05, 0.1) is 5.56 Å². The van der Waals surface area contributed by atoms with Crippen LogP contribution in [0.2, 0.25) is 5.15 Å². The van der Waals surface area contributed by atoms with Crippen molar-refractivity contribution in [3.63, 3.8) is 0 Å². The van der Waals surface area contributed by atoms with Gasteiger partial charge in [-0.1, -0.05) is 24.9 Å². The Hall–Kier alpha value is -1.07. The van der Waals surface area contributed by atoms with Gasteiger partial charge in [0.2, 0.25) is 0 Å². The molecule has 0 saturated carbocycles. The highest BCUT2D eigenvalue weighted by molar-refractivity contribution is 6.30. The van der Waals surface area contributed by atoms with Gasteiger partial charge < -0.3 is 0 Å². The van der Waals surface area contributed by atoms with Crippen molar-refractivity contribution >= 4 is 11.6 Å². The minimum atomic E-state index is 0.309. The second kappa shape index (κ2) is 4.08. The molecule has 0 aliphatic rings. The lowest BCUT2D eigenvalue weighted by atomic mass is 10.1. The van der Waals surface area contributed by atoms with Gasteiger partial charge >= 0.3 is 0 Å². The zero-order chi connectivity index (χ0) is 8.97. The highest BCUT2D eigenvalue weighted by atomic mass is 35.5. The Morgan fingerprint density at radius 1 is 1.67 bits per heavy atom. The van der Waals surface area contributed by atoms with E-state index in [-0.39, 0.29) is 0 Å². The fourth-order valence-corrected chi connectivity index (χ4v) is 1.29. The first-order valence-corrected chi connectivity index (χ1v) is 4.21. The first-order valence-electron chi connectivity index (χ1n) is 3.83. The SMILES string of the molecule is CCCc1ccnc(Cl)c1C#N. The molecular weight excluding hydrogens is 172 g/mol. The molecule has 0 radical (unpaired) electrons. The van der Waals surface area contributed by atoms with Crippen molar-refractivity contribution in [2.75, 3.05) is 0 Å². The molecule has 0 aliphatic carbocycles. The Kier molecular flexibility index (Phi) is 3.07. The smallest absolute Gasteiger partial charge is 0.147 e. The molecule has 0 amide bonds. The average molecular weight is 181 g/mol. The minimum Gasteiger partial charge on any atom is -0.243 e. The number of nitrogens with zero attached hydrogens (tertiary/aromatic N) is 2. The molecule has 0 aromatic carbocycles. The maximum atomic E-state index is 8.75. The van der Waals surface area contributed by atoms with Crippen LogP contribution >= 0.6 is 11.6 Å². The summed E-state index contributed by atoms with van der Waals surface area (Å²) in [6.07, 6.45) is 3.52. The van der Waals surface area contributed by atoms with Crippen LogP contribution in [0.25, 0.3) is 0 Å². The van der Waals surface area contributed by atoms with Gasteiger partial charge in [-0.05, 0) is 18.1 Å². The largest absolute Gasteiger partial charge is 0.243 e. The van der Waals surface area contributed by atoms with Crippen molar-refractivity contribution < 1.29 is 0 Å². The van der Waals surface area contributed by atoms with Crippen LogP contribution in [0.1, 0.15) is 24.5 Å². The maximum Gasteiger partial charge on any atom is 0.147 e. The summed E-state index contributed by atoms with van der Waals surface area (Å²) >= 11 is 5.73. The van der Waals surface area contributed by atoms with E-state index in [1.165, 1.54) is 0 Å². The minimum absolute atomic E-state index is 0.309. The van der Waals surface area contributed by atoms with Crippen LogP contribution in [0.4, 0.5) is 0 Å². The first-order chi connectivity index (χ1) is 5.79. The lowest BCUT2D eigenvalue weighted by Crippen LogP contribution is -1.92. The third kappa shape index (κ3) is 1.75. The van der Waals surface area contributed by atoms with Crippen LogP contribution in [0.3, 0.4) is 0 Å². The Labute approximate surface area is 76.8 Å². The first kappa shape index (κ1) is 9.02. The molecule has 0 N–H and O–H groups in total. The number of aromatic nitrogens is 1. The number of nitriles is 1. The zero-order valence-corrected chi connectivity index (χ0v) is 7.60.